The van der Waals surface area contributed by atoms with E-state index in [4.69, 9.17) is 9.15 Å². The average Bonchev–Trinajstić information content (AvgIpc) is 2.87. The fourth-order valence-corrected chi connectivity index (χ4v) is 2.59. The third-order valence-electron chi connectivity index (χ3n) is 3.13. The highest BCUT2D eigenvalue weighted by Gasteiger charge is 2.25. The largest absolute Gasteiger partial charge is 0.497 e. The highest BCUT2D eigenvalue weighted by Crippen LogP contribution is 2.34. The van der Waals surface area contributed by atoms with Gasteiger partial charge in [-0.2, -0.15) is 0 Å². The van der Waals surface area contributed by atoms with Crippen molar-refractivity contribution in [3.05, 3.63) is 51.9 Å². The third kappa shape index (κ3) is 3.44. The van der Waals surface area contributed by atoms with Crippen LogP contribution < -0.4 is 10.1 Å². The van der Waals surface area contributed by atoms with Gasteiger partial charge in [-0.25, -0.2) is 8.78 Å². The molecule has 0 aliphatic rings. The Labute approximate surface area is 130 Å². The molecule has 1 unspecified atom stereocenters. The van der Waals surface area contributed by atoms with E-state index in [1.54, 1.807) is 6.07 Å². The van der Waals surface area contributed by atoms with Crippen LogP contribution in [0.2, 0.25) is 0 Å². The molecule has 0 aliphatic carbocycles. The first-order valence-corrected chi connectivity index (χ1v) is 7.37. The summed E-state index contributed by atoms with van der Waals surface area (Å²) in [7, 11) is 1.37. The lowest BCUT2D eigenvalue weighted by atomic mass is 9.99. The summed E-state index contributed by atoms with van der Waals surface area (Å²) >= 11 is 3.26. The van der Waals surface area contributed by atoms with Crippen LogP contribution in [0.15, 0.2) is 33.5 Å². The normalized spacial score (nSPS) is 12.4. The number of rotatable bonds is 6. The van der Waals surface area contributed by atoms with Crippen molar-refractivity contribution >= 4 is 15.9 Å². The maximum absolute atomic E-state index is 14.3. The van der Waals surface area contributed by atoms with E-state index in [2.05, 4.69) is 21.2 Å². The summed E-state index contributed by atoms with van der Waals surface area (Å²) in [5, 5.41) is 3.14. The fourth-order valence-electron chi connectivity index (χ4n) is 2.12. The van der Waals surface area contributed by atoms with E-state index in [1.807, 2.05) is 6.92 Å². The number of hydrogen-bond donors (Lipinski definition) is 1. The first-order chi connectivity index (χ1) is 10.1. The van der Waals surface area contributed by atoms with Gasteiger partial charge in [-0.1, -0.05) is 6.92 Å². The number of benzene rings is 1. The molecule has 0 amide bonds. The second kappa shape index (κ2) is 7.04. The molecule has 2 aromatic rings. The van der Waals surface area contributed by atoms with Crippen molar-refractivity contribution in [1.29, 1.82) is 0 Å². The molecule has 0 saturated heterocycles. The van der Waals surface area contributed by atoms with Gasteiger partial charge in [0, 0.05) is 23.3 Å². The van der Waals surface area contributed by atoms with Crippen molar-refractivity contribution in [2.75, 3.05) is 13.7 Å². The van der Waals surface area contributed by atoms with Gasteiger partial charge in [-0.15, -0.1) is 0 Å². The predicted molar refractivity (Wildman–Crippen MR) is 79.5 cm³/mol. The summed E-state index contributed by atoms with van der Waals surface area (Å²) < 4.78 is 39.1. The molecule has 0 aliphatic heterocycles. The zero-order valence-corrected chi connectivity index (χ0v) is 13.3. The van der Waals surface area contributed by atoms with Crippen LogP contribution in [0.3, 0.4) is 0 Å². The lowest BCUT2D eigenvalue weighted by molar-refractivity contribution is 0.402. The predicted octanol–water partition coefficient (Wildman–Crippen LogP) is 4.42. The first-order valence-electron chi connectivity index (χ1n) is 6.57. The lowest BCUT2D eigenvalue weighted by Crippen LogP contribution is -2.25. The molecule has 0 bridgehead atoms. The SMILES string of the molecule is CCCNC(c1ccoc1Br)c1c(F)cc(OC)cc1F. The Bertz CT molecular complexity index is 592. The number of ether oxygens (including phenoxy) is 1. The Morgan fingerprint density at radius 1 is 1.33 bits per heavy atom. The molecule has 1 aromatic heterocycles. The molecule has 1 atom stereocenters. The van der Waals surface area contributed by atoms with Gasteiger partial charge in [0.1, 0.15) is 17.4 Å². The van der Waals surface area contributed by atoms with Gasteiger partial charge < -0.3 is 14.5 Å². The summed E-state index contributed by atoms with van der Waals surface area (Å²) in [4.78, 5) is 0. The molecule has 1 heterocycles. The van der Waals surface area contributed by atoms with E-state index in [9.17, 15) is 8.78 Å². The van der Waals surface area contributed by atoms with E-state index in [1.165, 1.54) is 25.5 Å². The molecule has 0 saturated carbocycles. The zero-order valence-electron chi connectivity index (χ0n) is 11.8. The molecule has 0 fully saturated rings. The molecule has 1 aromatic carbocycles. The Kier molecular flexibility index (Phi) is 5.36. The van der Waals surface area contributed by atoms with Crippen LogP contribution >= 0.6 is 15.9 Å². The fraction of sp³-hybridized carbons (Fsp3) is 0.333. The lowest BCUT2D eigenvalue weighted by Gasteiger charge is -2.20. The first kappa shape index (κ1) is 16.0. The minimum absolute atomic E-state index is 0.0497. The van der Waals surface area contributed by atoms with Crippen molar-refractivity contribution in [3.63, 3.8) is 0 Å². The van der Waals surface area contributed by atoms with Gasteiger partial charge in [0.2, 0.25) is 0 Å². The van der Waals surface area contributed by atoms with Gasteiger partial charge in [0.25, 0.3) is 0 Å². The highest BCUT2D eigenvalue weighted by molar-refractivity contribution is 9.10. The van der Waals surface area contributed by atoms with Crippen LogP contribution in [0.5, 0.6) is 5.75 Å². The number of methoxy groups -OCH3 is 1. The Morgan fingerprint density at radius 2 is 2.00 bits per heavy atom. The summed E-state index contributed by atoms with van der Waals surface area (Å²) in [6.45, 7) is 2.60. The third-order valence-corrected chi connectivity index (χ3v) is 3.78. The van der Waals surface area contributed by atoms with Crippen molar-refractivity contribution in [1.82, 2.24) is 5.32 Å². The molecule has 6 heteroatoms. The molecule has 114 valence electrons. The maximum Gasteiger partial charge on any atom is 0.174 e. The summed E-state index contributed by atoms with van der Waals surface area (Å²) in [6.07, 6.45) is 2.31. The quantitative estimate of drug-likeness (QED) is 0.828. The molecular formula is C15H16BrF2NO2. The minimum atomic E-state index is -0.659. The van der Waals surface area contributed by atoms with Crippen LogP contribution in [0.4, 0.5) is 8.78 Å². The smallest absolute Gasteiger partial charge is 0.174 e. The number of nitrogens with one attached hydrogen (secondary N) is 1. The molecule has 1 N–H and O–H groups in total. The Balaban J connectivity index is 2.49. The van der Waals surface area contributed by atoms with E-state index in [0.29, 0.717) is 16.8 Å². The van der Waals surface area contributed by atoms with Gasteiger partial charge in [0.05, 0.1) is 19.4 Å². The number of furan rings is 1. The van der Waals surface area contributed by atoms with Crippen molar-refractivity contribution in [3.8, 4) is 5.75 Å². The zero-order chi connectivity index (χ0) is 15.4. The van der Waals surface area contributed by atoms with Crippen molar-refractivity contribution in [2.45, 2.75) is 19.4 Å². The summed E-state index contributed by atoms with van der Waals surface area (Å²) in [5.41, 5.74) is 0.595. The maximum atomic E-state index is 14.3. The second-order valence-corrected chi connectivity index (χ2v) is 5.26. The van der Waals surface area contributed by atoms with Gasteiger partial charge in [-0.05, 0) is 35.0 Å². The molecule has 0 radical (unpaired) electrons. The molecular weight excluding hydrogens is 344 g/mol. The standard InChI is InChI=1S/C15H16BrF2NO2/c1-3-5-19-14(10-4-6-21-15(10)16)13-11(17)7-9(20-2)8-12(13)18/h4,6-8,14,19H,3,5H2,1-2H3. The summed E-state index contributed by atoms with van der Waals surface area (Å²) in [5.74, 6) is -1.17. The Morgan fingerprint density at radius 3 is 2.48 bits per heavy atom. The van der Waals surface area contributed by atoms with E-state index < -0.39 is 17.7 Å². The van der Waals surface area contributed by atoms with Gasteiger partial charge >= 0.3 is 0 Å². The monoisotopic (exact) mass is 359 g/mol. The van der Waals surface area contributed by atoms with Crippen LogP contribution in [-0.2, 0) is 0 Å². The molecule has 0 spiro atoms. The van der Waals surface area contributed by atoms with Crippen molar-refractivity contribution < 1.29 is 17.9 Å². The van der Waals surface area contributed by atoms with Crippen LogP contribution in [0.25, 0.3) is 0 Å². The molecule has 3 nitrogen and oxygen atoms in total. The molecule has 21 heavy (non-hydrogen) atoms. The van der Waals surface area contributed by atoms with Crippen LogP contribution in [-0.4, -0.2) is 13.7 Å². The summed E-state index contributed by atoms with van der Waals surface area (Å²) in [6, 6.07) is 3.39. The minimum Gasteiger partial charge on any atom is -0.497 e. The number of hydrogen-bond acceptors (Lipinski definition) is 3. The molecule has 2 rings (SSSR count). The van der Waals surface area contributed by atoms with Crippen LogP contribution in [0, 0.1) is 11.6 Å². The number of halogens is 3. The van der Waals surface area contributed by atoms with Crippen LogP contribution in [0.1, 0.15) is 30.5 Å². The van der Waals surface area contributed by atoms with Gasteiger partial charge in [-0.3, -0.25) is 0 Å². The van der Waals surface area contributed by atoms with Crippen molar-refractivity contribution in [2.24, 2.45) is 0 Å². The topological polar surface area (TPSA) is 34.4 Å². The Hall–Kier alpha value is -1.40. The second-order valence-electron chi connectivity index (χ2n) is 4.54. The average molecular weight is 360 g/mol. The van der Waals surface area contributed by atoms with E-state index in [-0.39, 0.29) is 11.3 Å². The van der Waals surface area contributed by atoms with E-state index >= 15 is 0 Å². The van der Waals surface area contributed by atoms with E-state index in [0.717, 1.165) is 6.42 Å². The highest BCUT2D eigenvalue weighted by atomic mass is 79.9. The van der Waals surface area contributed by atoms with Gasteiger partial charge in [0.15, 0.2) is 4.67 Å².